The Bertz CT molecular complexity index is 492. The second kappa shape index (κ2) is 6.30. The molecule has 0 aliphatic carbocycles. The van der Waals surface area contributed by atoms with Crippen molar-refractivity contribution in [3.63, 3.8) is 0 Å². The minimum atomic E-state index is -0.0346. The highest BCUT2D eigenvalue weighted by Gasteiger charge is 2.08. The third kappa shape index (κ3) is 3.40. The molecule has 2 rings (SSSR count). The summed E-state index contributed by atoms with van der Waals surface area (Å²) in [6.07, 6.45) is 7.05. The van der Waals surface area contributed by atoms with Crippen molar-refractivity contribution >= 4 is 17.2 Å². The fraction of sp³-hybridized carbons (Fsp3) is 0.417. The molecule has 96 valence electrons. The van der Waals surface area contributed by atoms with Crippen LogP contribution in [0.4, 0.5) is 0 Å². The van der Waals surface area contributed by atoms with Gasteiger partial charge in [0, 0.05) is 25.5 Å². The molecule has 2 aromatic rings. The van der Waals surface area contributed by atoms with Crippen LogP contribution in [0.3, 0.4) is 0 Å². The maximum absolute atomic E-state index is 11.8. The number of aromatic nitrogens is 3. The minimum absolute atomic E-state index is 0.0346. The van der Waals surface area contributed by atoms with Crippen LogP contribution in [0.15, 0.2) is 24.7 Å². The summed E-state index contributed by atoms with van der Waals surface area (Å²) in [5, 5.41) is 7.99. The van der Waals surface area contributed by atoms with E-state index < -0.39 is 0 Å². The first kappa shape index (κ1) is 12.8. The third-order valence-electron chi connectivity index (χ3n) is 2.49. The van der Waals surface area contributed by atoms with Gasteiger partial charge in [-0.25, -0.2) is 4.98 Å². The van der Waals surface area contributed by atoms with Gasteiger partial charge in [0.05, 0.1) is 11.2 Å². The molecule has 0 radical (unpaired) electrons. The van der Waals surface area contributed by atoms with Crippen LogP contribution < -0.4 is 5.32 Å². The summed E-state index contributed by atoms with van der Waals surface area (Å²) >= 11 is 1.46. The van der Waals surface area contributed by atoms with Crippen molar-refractivity contribution in [1.29, 1.82) is 0 Å². The van der Waals surface area contributed by atoms with Gasteiger partial charge in [0.1, 0.15) is 4.88 Å². The Balaban J connectivity index is 1.71. The molecule has 2 aromatic heterocycles. The predicted molar refractivity (Wildman–Crippen MR) is 70.7 cm³/mol. The number of carbonyl (C=O) groups excluding carboxylic acids is 1. The molecule has 18 heavy (non-hydrogen) atoms. The predicted octanol–water partition coefficient (Wildman–Crippen LogP) is 1.72. The average Bonchev–Trinajstić information content (AvgIpc) is 3.05. The van der Waals surface area contributed by atoms with Crippen molar-refractivity contribution in [2.75, 3.05) is 6.54 Å². The number of rotatable bonds is 6. The first-order valence-corrected chi connectivity index (χ1v) is 6.81. The molecular weight excluding hydrogens is 248 g/mol. The number of carbonyl (C=O) groups is 1. The number of thiazole rings is 1. The van der Waals surface area contributed by atoms with Gasteiger partial charge in [-0.05, 0) is 18.9 Å². The van der Waals surface area contributed by atoms with Gasteiger partial charge < -0.3 is 5.32 Å². The molecule has 1 amide bonds. The molecular formula is C12H16N4OS. The van der Waals surface area contributed by atoms with Crippen molar-refractivity contribution in [2.24, 2.45) is 0 Å². The van der Waals surface area contributed by atoms with Gasteiger partial charge >= 0.3 is 0 Å². The molecule has 5 nitrogen and oxygen atoms in total. The van der Waals surface area contributed by atoms with Crippen LogP contribution in [0.25, 0.3) is 0 Å². The molecule has 0 aromatic carbocycles. The maximum Gasteiger partial charge on any atom is 0.263 e. The van der Waals surface area contributed by atoms with E-state index in [-0.39, 0.29) is 5.91 Å². The lowest BCUT2D eigenvalue weighted by atomic mass is 10.4. The second-order valence-electron chi connectivity index (χ2n) is 3.85. The lowest BCUT2D eigenvalue weighted by Crippen LogP contribution is -2.24. The molecule has 0 saturated heterocycles. The Morgan fingerprint density at radius 3 is 3.11 bits per heavy atom. The van der Waals surface area contributed by atoms with E-state index in [1.807, 2.05) is 23.9 Å². The van der Waals surface area contributed by atoms with Gasteiger partial charge in [0.2, 0.25) is 0 Å². The number of nitrogens with one attached hydrogen (secondary N) is 1. The van der Waals surface area contributed by atoms with Crippen molar-refractivity contribution in [3.05, 3.63) is 34.5 Å². The van der Waals surface area contributed by atoms with E-state index in [1.54, 1.807) is 12.4 Å². The lowest BCUT2D eigenvalue weighted by Gasteiger charge is -2.03. The second-order valence-corrected chi connectivity index (χ2v) is 4.97. The summed E-state index contributed by atoms with van der Waals surface area (Å²) in [6.45, 7) is 3.50. The van der Waals surface area contributed by atoms with Crippen LogP contribution in [-0.2, 0) is 13.0 Å². The van der Waals surface area contributed by atoms with Gasteiger partial charge in [-0.2, -0.15) is 5.10 Å². The molecule has 0 saturated carbocycles. The van der Waals surface area contributed by atoms with Gasteiger partial charge in [0.25, 0.3) is 5.91 Å². The maximum atomic E-state index is 11.8. The van der Waals surface area contributed by atoms with E-state index >= 15 is 0 Å². The molecule has 0 bridgehead atoms. The van der Waals surface area contributed by atoms with Gasteiger partial charge in [-0.1, -0.05) is 6.92 Å². The Labute approximate surface area is 110 Å². The molecule has 6 heteroatoms. The summed E-state index contributed by atoms with van der Waals surface area (Å²) in [5.41, 5.74) is 0. The monoisotopic (exact) mass is 264 g/mol. The summed E-state index contributed by atoms with van der Waals surface area (Å²) in [7, 11) is 0. The van der Waals surface area contributed by atoms with Gasteiger partial charge in [-0.3, -0.25) is 9.48 Å². The van der Waals surface area contributed by atoms with Crippen LogP contribution in [0, 0.1) is 0 Å². The standard InChI is InChI=1S/C12H16N4OS/c1-2-11-14-9-10(18-11)12(17)13-5-3-7-16-8-4-6-15-16/h4,6,8-9H,2-3,5,7H2,1H3,(H,13,17). The van der Waals surface area contributed by atoms with Crippen LogP contribution >= 0.6 is 11.3 Å². The molecule has 0 spiro atoms. The smallest absolute Gasteiger partial charge is 0.263 e. The van der Waals surface area contributed by atoms with E-state index in [9.17, 15) is 4.79 Å². The Morgan fingerprint density at radius 2 is 2.44 bits per heavy atom. The van der Waals surface area contributed by atoms with Crippen LogP contribution in [0.5, 0.6) is 0 Å². The number of hydrogen-bond donors (Lipinski definition) is 1. The Morgan fingerprint density at radius 1 is 1.56 bits per heavy atom. The highest BCUT2D eigenvalue weighted by molar-refractivity contribution is 7.13. The third-order valence-corrected chi connectivity index (χ3v) is 3.63. The van der Waals surface area contributed by atoms with E-state index in [2.05, 4.69) is 15.4 Å². The fourth-order valence-electron chi connectivity index (χ4n) is 1.54. The van der Waals surface area contributed by atoms with Crippen molar-refractivity contribution in [1.82, 2.24) is 20.1 Å². The van der Waals surface area contributed by atoms with Crippen molar-refractivity contribution < 1.29 is 4.79 Å². The largest absolute Gasteiger partial charge is 0.351 e. The van der Waals surface area contributed by atoms with Crippen LogP contribution in [0.1, 0.15) is 28.0 Å². The SMILES string of the molecule is CCc1ncc(C(=O)NCCCn2cccn2)s1. The number of hydrogen-bond acceptors (Lipinski definition) is 4. The van der Waals surface area contributed by atoms with Crippen molar-refractivity contribution in [3.8, 4) is 0 Å². The first-order valence-electron chi connectivity index (χ1n) is 6.00. The summed E-state index contributed by atoms with van der Waals surface area (Å²) in [6, 6.07) is 1.89. The zero-order chi connectivity index (χ0) is 12.8. The minimum Gasteiger partial charge on any atom is -0.351 e. The topological polar surface area (TPSA) is 59.8 Å². The molecule has 0 aliphatic heterocycles. The van der Waals surface area contributed by atoms with Gasteiger partial charge in [-0.15, -0.1) is 11.3 Å². The summed E-state index contributed by atoms with van der Waals surface area (Å²) in [4.78, 5) is 16.6. The quantitative estimate of drug-likeness (QED) is 0.808. The van der Waals surface area contributed by atoms with E-state index in [0.717, 1.165) is 24.4 Å². The molecule has 1 N–H and O–H groups in total. The number of amides is 1. The average molecular weight is 264 g/mol. The van der Waals surface area contributed by atoms with Crippen molar-refractivity contribution in [2.45, 2.75) is 26.3 Å². The Kier molecular flexibility index (Phi) is 4.46. The molecule has 0 atom stereocenters. The summed E-state index contributed by atoms with van der Waals surface area (Å²) < 4.78 is 1.86. The normalized spacial score (nSPS) is 10.5. The molecule has 2 heterocycles. The van der Waals surface area contributed by atoms with E-state index in [4.69, 9.17) is 0 Å². The highest BCUT2D eigenvalue weighted by Crippen LogP contribution is 2.12. The fourth-order valence-corrected chi connectivity index (χ4v) is 2.32. The van der Waals surface area contributed by atoms with Crippen LogP contribution in [0.2, 0.25) is 0 Å². The molecule has 0 fully saturated rings. The zero-order valence-corrected chi connectivity index (χ0v) is 11.1. The summed E-state index contributed by atoms with van der Waals surface area (Å²) in [5.74, 6) is -0.0346. The van der Waals surface area contributed by atoms with E-state index in [1.165, 1.54) is 11.3 Å². The van der Waals surface area contributed by atoms with E-state index in [0.29, 0.717) is 11.4 Å². The lowest BCUT2D eigenvalue weighted by molar-refractivity contribution is 0.0956. The molecule has 0 aliphatic rings. The van der Waals surface area contributed by atoms with Gasteiger partial charge in [0.15, 0.2) is 0 Å². The number of aryl methyl sites for hydroxylation is 2. The number of nitrogens with zero attached hydrogens (tertiary/aromatic N) is 3. The first-order chi connectivity index (χ1) is 8.79. The molecule has 0 unspecified atom stereocenters. The zero-order valence-electron chi connectivity index (χ0n) is 10.3. The highest BCUT2D eigenvalue weighted by atomic mass is 32.1. The Hall–Kier alpha value is -1.69. The van der Waals surface area contributed by atoms with Crippen LogP contribution in [-0.4, -0.2) is 27.2 Å².